The largest absolute Gasteiger partial charge is 0.481 e. The molecular weight excluding hydrogens is 396 g/mol. The number of amides is 5. The van der Waals surface area contributed by atoms with Crippen LogP contribution in [0.15, 0.2) is 12.2 Å². The van der Waals surface area contributed by atoms with Gasteiger partial charge in [-0.1, -0.05) is 6.42 Å². The Hall–Kier alpha value is -3.24. The monoisotopic (exact) mass is 424 g/mol. The molecule has 1 unspecified atom stereocenters. The fourth-order valence-corrected chi connectivity index (χ4v) is 2.74. The lowest BCUT2D eigenvalue weighted by molar-refractivity contribution is -0.138. The van der Waals surface area contributed by atoms with Crippen LogP contribution in [0, 0.1) is 0 Å². The molecule has 0 aliphatic carbocycles. The van der Waals surface area contributed by atoms with Crippen LogP contribution in [0.4, 0.5) is 0 Å². The number of carbonyl (C=O) groups excluding carboxylic acids is 5. The molecule has 1 heterocycles. The van der Waals surface area contributed by atoms with Gasteiger partial charge in [-0.25, -0.2) is 0 Å². The van der Waals surface area contributed by atoms with Gasteiger partial charge in [-0.15, -0.1) is 0 Å². The smallest absolute Gasteiger partial charge is 0.303 e. The van der Waals surface area contributed by atoms with E-state index < -0.39 is 23.8 Å². The summed E-state index contributed by atoms with van der Waals surface area (Å²) in [5.74, 6) is -3.25. The van der Waals surface area contributed by atoms with Crippen LogP contribution in [0.1, 0.15) is 45.4 Å². The van der Waals surface area contributed by atoms with E-state index in [-0.39, 0.29) is 50.1 Å². The molecule has 11 nitrogen and oxygen atoms in total. The molecule has 0 aromatic rings. The maximum atomic E-state index is 12.2. The second-order valence-electron chi connectivity index (χ2n) is 6.70. The summed E-state index contributed by atoms with van der Waals surface area (Å²) in [5, 5.41) is 16.2. The van der Waals surface area contributed by atoms with Gasteiger partial charge in [0.25, 0.3) is 11.8 Å². The number of hydrogen-bond acceptors (Lipinski definition) is 6. The van der Waals surface area contributed by atoms with Crippen LogP contribution >= 0.6 is 0 Å². The Kier molecular flexibility index (Phi) is 10.8. The molecule has 0 saturated carbocycles. The van der Waals surface area contributed by atoms with E-state index in [2.05, 4.69) is 16.0 Å². The number of rotatable bonds is 14. The van der Waals surface area contributed by atoms with Crippen molar-refractivity contribution in [3.63, 3.8) is 0 Å². The summed E-state index contributed by atoms with van der Waals surface area (Å²) in [6.45, 7) is 2.14. The number of carboxylic acids is 1. The van der Waals surface area contributed by atoms with Crippen LogP contribution in [-0.4, -0.2) is 71.2 Å². The first kappa shape index (κ1) is 24.8. The van der Waals surface area contributed by atoms with Crippen LogP contribution in [-0.2, 0) is 28.8 Å². The highest BCUT2D eigenvalue weighted by atomic mass is 16.4. The van der Waals surface area contributed by atoms with Gasteiger partial charge in [0.15, 0.2) is 0 Å². The second-order valence-corrected chi connectivity index (χ2v) is 6.70. The topological polar surface area (TPSA) is 162 Å². The minimum absolute atomic E-state index is 0.103. The van der Waals surface area contributed by atoms with E-state index in [9.17, 15) is 28.8 Å². The zero-order chi connectivity index (χ0) is 22.5. The van der Waals surface area contributed by atoms with Crippen molar-refractivity contribution >= 4 is 35.5 Å². The first-order chi connectivity index (χ1) is 14.2. The van der Waals surface area contributed by atoms with E-state index in [0.717, 1.165) is 4.90 Å². The number of carbonyl (C=O) groups is 6. The molecule has 1 aliphatic rings. The molecule has 1 aliphatic heterocycles. The first-order valence-corrected chi connectivity index (χ1v) is 9.83. The molecule has 11 heteroatoms. The summed E-state index contributed by atoms with van der Waals surface area (Å²) >= 11 is 0. The maximum Gasteiger partial charge on any atom is 0.303 e. The molecule has 4 N–H and O–H groups in total. The van der Waals surface area contributed by atoms with Gasteiger partial charge in [0, 0.05) is 38.1 Å². The van der Waals surface area contributed by atoms with E-state index >= 15 is 0 Å². The Bertz CT molecular complexity index is 687. The third-order valence-corrected chi connectivity index (χ3v) is 4.28. The molecule has 0 saturated heterocycles. The van der Waals surface area contributed by atoms with Gasteiger partial charge in [0.05, 0.1) is 6.54 Å². The highest BCUT2D eigenvalue weighted by Crippen LogP contribution is 2.08. The fraction of sp³-hybridized carbons (Fsp3) is 0.579. The fourth-order valence-electron chi connectivity index (χ4n) is 2.74. The zero-order valence-corrected chi connectivity index (χ0v) is 16.9. The summed E-state index contributed by atoms with van der Waals surface area (Å²) in [7, 11) is 0. The van der Waals surface area contributed by atoms with Gasteiger partial charge in [0.1, 0.15) is 6.04 Å². The molecule has 0 bridgehead atoms. The minimum atomic E-state index is -1.11. The molecule has 5 amide bonds. The van der Waals surface area contributed by atoms with Gasteiger partial charge in [-0.3, -0.25) is 33.7 Å². The first-order valence-electron chi connectivity index (χ1n) is 9.83. The van der Waals surface area contributed by atoms with E-state index in [4.69, 9.17) is 5.11 Å². The minimum Gasteiger partial charge on any atom is -0.481 e. The normalized spacial score (nSPS) is 13.8. The number of nitrogens with one attached hydrogen (secondary N) is 3. The third-order valence-electron chi connectivity index (χ3n) is 4.28. The predicted octanol–water partition coefficient (Wildman–Crippen LogP) is -0.926. The molecule has 0 spiro atoms. The van der Waals surface area contributed by atoms with Crippen molar-refractivity contribution in [3.8, 4) is 0 Å². The van der Waals surface area contributed by atoms with Gasteiger partial charge < -0.3 is 21.1 Å². The van der Waals surface area contributed by atoms with Gasteiger partial charge in [-0.05, 0) is 26.2 Å². The van der Waals surface area contributed by atoms with Crippen molar-refractivity contribution < 1.29 is 33.9 Å². The summed E-state index contributed by atoms with van der Waals surface area (Å²) in [6.07, 6.45) is 3.72. The lowest BCUT2D eigenvalue weighted by Gasteiger charge is -2.18. The van der Waals surface area contributed by atoms with E-state index in [0.29, 0.717) is 25.8 Å². The Balaban J connectivity index is 2.37. The SMILES string of the molecule is CCNC(=O)CNC(=O)C(CCC(=O)O)NC(=O)CCCCCN1C(=O)C=CC1=O. The van der Waals surface area contributed by atoms with Crippen LogP contribution in [0.2, 0.25) is 0 Å². The van der Waals surface area contributed by atoms with Gasteiger partial charge in [0.2, 0.25) is 17.7 Å². The number of likely N-dealkylation sites (N-methyl/N-ethyl adjacent to an activating group) is 1. The maximum absolute atomic E-state index is 12.2. The average Bonchev–Trinajstić information content (AvgIpc) is 3.01. The van der Waals surface area contributed by atoms with E-state index in [1.807, 2.05) is 0 Å². The number of hydrogen-bond donors (Lipinski definition) is 4. The standard InChI is InChI=1S/C19H28N4O7/c1-2-20-15(25)12-21-19(30)13(7-10-18(28)29)22-14(24)6-4-3-5-11-23-16(26)8-9-17(23)27/h8-9,13H,2-7,10-12H2,1H3,(H,20,25)(H,21,30)(H,22,24)(H,28,29). The van der Waals surface area contributed by atoms with E-state index in [1.165, 1.54) is 12.2 Å². The lowest BCUT2D eigenvalue weighted by atomic mass is 10.1. The Morgan fingerprint density at radius 2 is 1.63 bits per heavy atom. The number of carboxylic acid groups (broad SMARTS) is 1. The second kappa shape index (κ2) is 13.1. The summed E-state index contributed by atoms with van der Waals surface area (Å²) < 4.78 is 0. The predicted molar refractivity (Wildman–Crippen MR) is 105 cm³/mol. The molecule has 0 aromatic carbocycles. The number of unbranched alkanes of at least 4 members (excludes halogenated alkanes) is 2. The van der Waals surface area contributed by atoms with Crippen molar-refractivity contribution in [1.29, 1.82) is 0 Å². The molecule has 166 valence electrons. The van der Waals surface area contributed by atoms with Crippen molar-refractivity contribution in [2.75, 3.05) is 19.6 Å². The van der Waals surface area contributed by atoms with Crippen molar-refractivity contribution in [2.45, 2.75) is 51.5 Å². The molecule has 0 aromatic heterocycles. The van der Waals surface area contributed by atoms with Crippen molar-refractivity contribution in [1.82, 2.24) is 20.9 Å². The number of imide groups is 1. The Morgan fingerprint density at radius 1 is 0.967 bits per heavy atom. The molecule has 0 radical (unpaired) electrons. The molecule has 1 rings (SSSR count). The van der Waals surface area contributed by atoms with Crippen LogP contribution < -0.4 is 16.0 Å². The van der Waals surface area contributed by atoms with Gasteiger partial charge in [-0.2, -0.15) is 0 Å². The van der Waals surface area contributed by atoms with Crippen molar-refractivity contribution in [2.24, 2.45) is 0 Å². The van der Waals surface area contributed by atoms with Crippen molar-refractivity contribution in [3.05, 3.63) is 12.2 Å². The van der Waals surface area contributed by atoms with Crippen LogP contribution in [0.25, 0.3) is 0 Å². The van der Waals surface area contributed by atoms with Crippen LogP contribution in [0.5, 0.6) is 0 Å². The number of aliphatic carboxylic acids is 1. The van der Waals surface area contributed by atoms with Gasteiger partial charge >= 0.3 is 5.97 Å². The molecular formula is C19H28N4O7. The summed E-state index contributed by atoms with van der Waals surface area (Å²) in [4.78, 5) is 70.6. The molecule has 30 heavy (non-hydrogen) atoms. The zero-order valence-electron chi connectivity index (χ0n) is 16.9. The molecule has 0 fully saturated rings. The van der Waals surface area contributed by atoms with Crippen LogP contribution in [0.3, 0.4) is 0 Å². The summed E-state index contributed by atoms with van der Waals surface area (Å²) in [6, 6.07) is -1.06. The Morgan fingerprint density at radius 3 is 2.23 bits per heavy atom. The number of nitrogens with zero attached hydrogens (tertiary/aromatic N) is 1. The lowest BCUT2D eigenvalue weighted by Crippen LogP contribution is -2.49. The third kappa shape index (κ3) is 9.30. The summed E-state index contributed by atoms with van der Waals surface area (Å²) in [5.41, 5.74) is 0. The Labute approximate surface area is 174 Å². The highest BCUT2D eigenvalue weighted by Gasteiger charge is 2.23. The molecule has 1 atom stereocenters. The highest BCUT2D eigenvalue weighted by molar-refractivity contribution is 6.12. The average molecular weight is 424 g/mol. The van der Waals surface area contributed by atoms with E-state index in [1.54, 1.807) is 6.92 Å². The quantitative estimate of drug-likeness (QED) is 0.207.